The van der Waals surface area contributed by atoms with E-state index in [4.69, 9.17) is 16.6 Å². The number of aromatic nitrogens is 1. The van der Waals surface area contributed by atoms with E-state index in [0.29, 0.717) is 0 Å². The van der Waals surface area contributed by atoms with Crippen molar-refractivity contribution in [1.82, 2.24) is 10.3 Å². The first-order chi connectivity index (χ1) is 9.76. The monoisotopic (exact) mass is 302 g/mol. The summed E-state index contributed by atoms with van der Waals surface area (Å²) in [6.45, 7) is 0. The minimum absolute atomic E-state index is 0.203. The second kappa shape index (κ2) is 5.92. The van der Waals surface area contributed by atoms with Crippen LogP contribution in [0.3, 0.4) is 0 Å². The highest BCUT2D eigenvalue weighted by Crippen LogP contribution is 2.26. The lowest BCUT2D eigenvalue weighted by Crippen LogP contribution is -2.19. The standard InChI is InChI=1S/C16H15ClN2S/c1-18-15(10-12-7-9-16(17)20-12)14-8-6-11-4-2-3-5-13(11)19-14/h2-9,15,18H,10H2,1H3. The molecular weight excluding hydrogens is 288 g/mol. The molecule has 2 heterocycles. The minimum atomic E-state index is 0.203. The molecule has 1 atom stereocenters. The molecule has 0 aliphatic carbocycles. The second-order valence-corrected chi connectivity index (χ2v) is 6.48. The fraction of sp³-hybridized carbons (Fsp3) is 0.188. The van der Waals surface area contributed by atoms with E-state index in [0.717, 1.165) is 22.0 Å². The van der Waals surface area contributed by atoms with Crippen LogP contribution in [0.2, 0.25) is 4.34 Å². The van der Waals surface area contributed by atoms with Gasteiger partial charge in [0, 0.05) is 16.7 Å². The average molecular weight is 303 g/mol. The lowest BCUT2D eigenvalue weighted by molar-refractivity contribution is 0.582. The molecule has 1 aromatic carbocycles. The van der Waals surface area contributed by atoms with E-state index in [1.165, 1.54) is 10.3 Å². The highest BCUT2D eigenvalue weighted by atomic mass is 35.5. The van der Waals surface area contributed by atoms with Gasteiger partial charge in [-0.2, -0.15) is 0 Å². The zero-order valence-electron chi connectivity index (χ0n) is 11.1. The molecule has 2 aromatic heterocycles. The first kappa shape index (κ1) is 13.6. The Labute approximate surface area is 127 Å². The summed E-state index contributed by atoms with van der Waals surface area (Å²) >= 11 is 7.62. The van der Waals surface area contributed by atoms with E-state index in [-0.39, 0.29) is 6.04 Å². The van der Waals surface area contributed by atoms with Crippen LogP contribution in [0.25, 0.3) is 10.9 Å². The first-order valence-corrected chi connectivity index (χ1v) is 7.73. The average Bonchev–Trinajstić information content (AvgIpc) is 2.89. The summed E-state index contributed by atoms with van der Waals surface area (Å²) in [6.07, 6.45) is 0.902. The molecule has 1 unspecified atom stereocenters. The molecule has 3 rings (SSSR count). The lowest BCUT2D eigenvalue weighted by Gasteiger charge is -2.15. The van der Waals surface area contributed by atoms with Gasteiger partial charge in [-0.15, -0.1) is 11.3 Å². The smallest absolute Gasteiger partial charge is 0.0931 e. The van der Waals surface area contributed by atoms with Gasteiger partial charge < -0.3 is 5.32 Å². The van der Waals surface area contributed by atoms with Gasteiger partial charge in [0.25, 0.3) is 0 Å². The minimum Gasteiger partial charge on any atom is -0.311 e. The van der Waals surface area contributed by atoms with Crippen molar-refractivity contribution in [3.05, 3.63) is 63.4 Å². The van der Waals surface area contributed by atoms with Gasteiger partial charge in [-0.25, -0.2) is 0 Å². The van der Waals surface area contributed by atoms with Gasteiger partial charge in [0.2, 0.25) is 0 Å². The van der Waals surface area contributed by atoms with Crippen molar-refractivity contribution in [2.75, 3.05) is 7.05 Å². The third kappa shape index (κ3) is 2.85. The van der Waals surface area contributed by atoms with Crippen molar-refractivity contribution in [1.29, 1.82) is 0 Å². The summed E-state index contributed by atoms with van der Waals surface area (Å²) in [5.41, 5.74) is 2.10. The Balaban J connectivity index is 1.90. The van der Waals surface area contributed by atoms with Gasteiger partial charge in [-0.3, -0.25) is 4.98 Å². The summed E-state index contributed by atoms with van der Waals surface area (Å²) < 4.78 is 0.835. The highest BCUT2D eigenvalue weighted by molar-refractivity contribution is 7.16. The topological polar surface area (TPSA) is 24.9 Å². The summed E-state index contributed by atoms with van der Waals surface area (Å²) in [6, 6.07) is 16.6. The van der Waals surface area contributed by atoms with Crippen LogP contribution in [0, 0.1) is 0 Å². The quantitative estimate of drug-likeness (QED) is 0.770. The number of hydrogen-bond donors (Lipinski definition) is 1. The van der Waals surface area contributed by atoms with Crippen LogP contribution in [0.15, 0.2) is 48.5 Å². The number of likely N-dealkylation sites (N-methyl/N-ethyl adjacent to an activating group) is 1. The van der Waals surface area contributed by atoms with E-state index >= 15 is 0 Å². The molecular formula is C16H15ClN2S. The van der Waals surface area contributed by atoms with Crippen molar-refractivity contribution in [2.45, 2.75) is 12.5 Å². The van der Waals surface area contributed by atoms with Crippen LogP contribution in [0.1, 0.15) is 16.6 Å². The molecule has 0 saturated heterocycles. The number of fused-ring (bicyclic) bond motifs is 1. The third-order valence-corrected chi connectivity index (χ3v) is 4.61. The predicted octanol–water partition coefficient (Wildman–Crippen LogP) is 4.45. The molecule has 20 heavy (non-hydrogen) atoms. The van der Waals surface area contributed by atoms with Crippen molar-refractivity contribution in [2.24, 2.45) is 0 Å². The summed E-state index contributed by atoms with van der Waals surface area (Å²) in [5, 5.41) is 4.51. The van der Waals surface area contributed by atoms with Gasteiger partial charge in [0.1, 0.15) is 0 Å². The van der Waals surface area contributed by atoms with Crippen LogP contribution in [-0.4, -0.2) is 12.0 Å². The second-order valence-electron chi connectivity index (χ2n) is 4.68. The molecule has 0 aliphatic heterocycles. The van der Waals surface area contributed by atoms with Crippen molar-refractivity contribution < 1.29 is 0 Å². The maximum Gasteiger partial charge on any atom is 0.0931 e. The Morgan fingerprint density at radius 1 is 1.15 bits per heavy atom. The number of rotatable bonds is 4. The number of pyridine rings is 1. The molecule has 0 amide bonds. The molecule has 1 N–H and O–H groups in total. The van der Waals surface area contributed by atoms with E-state index in [2.05, 4.69) is 29.6 Å². The Morgan fingerprint density at radius 3 is 2.75 bits per heavy atom. The highest BCUT2D eigenvalue weighted by Gasteiger charge is 2.13. The number of nitrogens with zero attached hydrogens (tertiary/aromatic N) is 1. The van der Waals surface area contributed by atoms with Gasteiger partial charge in [-0.05, 0) is 31.3 Å². The van der Waals surface area contributed by atoms with Crippen LogP contribution >= 0.6 is 22.9 Å². The first-order valence-electron chi connectivity index (χ1n) is 6.53. The normalized spacial score (nSPS) is 12.7. The van der Waals surface area contributed by atoms with Gasteiger partial charge in [0.15, 0.2) is 0 Å². The molecule has 0 fully saturated rings. The van der Waals surface area contributed by atoms with Crippen LogP contribution in [0.4, 0.5) is 0 Å². The van der Waals surface area contributed by atoms with Crippen molar-refractivity contribution in [3.8, 4) is 0 Å². The van der Waals surface area contributed by atoms with E-state index in [1.807, 2.05) is 31.3 Å². The number of para-hydroxylation sites is 1. The largest absolute Gasteiger partial charge is 0.311 e. The van der Waals surface area contributed by atoms with Crippen LogP contribution < -0.4 is 5.32 Å². The molecule has 0 spiro atoms. The number of benzene rings is 1. The molecule has 0 saturated carbocycles. The molecule has 0 radical (unpaired) electrons. The molecule has 2 nitrogen and oxygen atoms in total. The predicted molar refractivity (Wildman–Crippen MR) is 86.6 cm³/mol. The zero-order valence-corrected chi connectivity index (χ0v) is 12.7. The molecule has 3 aromatic rings. The number of halogens is 1. The molecule has 4 heteroatoms. The van der Waals surface area contributed by atoms with Crippen LogP contribution in [0.5, 0.6) is 0 Å². The molecule has 0 aliphatic rings. The Morgan fingerprint density at radius 2 is 2.00 bits per heavy atom. The van der Waals surface area contributed by atoms with Gasteiger partial charge in [0.05, 0.1) is 21.6 Å². The van der Waals surface area contributed by atoms with Gasteiger partial charge in [-0.1, -0.05) is 35.9 Å². The molecule has 0 bridgehead atoms. The Bertz CT molecular complexity index is 723. The van der Waals surface area contributed by atoms with Gasteiger partial charge >= 0.3 is 0 Å². The number of thiophene rings is 1. The van der Waals surface area contributed by atoms with E-state index in [1.54, 1.807) is 11.3 Å². The van der Waals surface area contributed by atoms with E-state index in [9.17, 15) is 0 Å². The summed E-state index contributed by atoms with van der Waals surface area (Å²) in [4.78, 5) is 6.03. The molecule has 102 valence electrons. The van der Waals surface area contributed by atoms with E-state index < -0.39 is 0 Å². The maximum atomic E-state index is 5.99. The Kier molecular flexibility index (Phi) is 4.01. The van der Waals surface area contributed by atoms with Crippen molar-refractivity contribution >= 4 is 33.8 Å². The van der Waals surface area contributed by atoms with Crippen molar-refractivity contribution in [3.63, 3.8) is 0 Å². The summed E-state index contributed by atoms with van der Waals surface area (Å²) in [5.74, 6) is 0. The maximum absolute atomic E-state index is 5.99. The Hall–Kier alpha value is -1.42. The third-order valence-electron chi connectivity index (χ3n) is 3.36. The lowest BCUT2D eigenvalue weighted by atomic mass is 10.1. The zero-order chi connectivity index (χ0) is 13.9. The van der Waals surface area contributed by atoms with Crippen LogP contribution in [-0.2, 0) is 6.42 Å². The number of nitrogens with one attached hydrogen (secondary N) is 1. The number of hydrogen-bond acceptors (Lipinski definition) is 3. The fourth-order valence-corrected chi connectivity index (χ4v) is 3.43. The fourth-order valence-electron chi connectivity index (χ4n) is 2.29. The summed E-state index contributed by atoms with van der Waals surface area (Å²) in [7, 11) is 1.97. The SMILES string of the molecule is CNC(Cc1ccc(Cl)s1)c1ccc2ccccc2n1.